The number of pyridine rings is 1. The lowest BCUT2D eigenvalue weighted by atomic mass is 10.2. The topological polar surface area (TPSA) is 43.4 Å². The van der Waals surface area contributed by atoms with E-state index in [1.54, 1.807) is 7.11 Å². The molecule has 0 saturated heterocycles. The molecule has 0 aliphatic heterocycles. The van der Waals surface area contributed by atoms with E-state index in [1.807, 2.05) is 43.3 Å². The molecule has 0 atom stereocenters. The van der Waals surface area contributed by atoms with Crippen LogP contribution in [0, 0.1) is 0 Å². The van der Waals surface area contributed by atoms with Crippen molar-refractivity contribution in [2.75, 3.05) is 19.0 Å². The van der Waals surface area contributed by atoms with Gasteiger partial charge in [-0.1, -0.05) is 17.7 Å². The van der Waals surface area contributed by atoms with Gasteiger partial charge in [0.1, 0.15) is 5.75 Å². The number of halogens is 1. The number of rotatable bonds is 6. The van der Waals surface area contributed by atoms with Crippen LogP contribution in [-0.2, 0) is 6.54 Å². The highest BCUT2D eigenvalue weighted by Gasteiger charge is 2.05. The van der Waals surface area contributed by atoms with Crippen LogP contribution >= 0.6 is 11.6 Å². The molecule has 2 aromatic rings. The summed E-state index contributed by atoms with van der Waals surface area (Å²) in [5, 5.41) is 3.94. The predicted octanol–water partition coefficient (Wildman–Crippen LogP) is 3.75. The molecular formula is C15H17ClN2O2. The number of hydrogen-bond acceptors (Lipinski definition) is 4. The summed E-state index contributed by atoms with van der Waals surface area (Å²) in [5.41, 5.74) is 1.73. The van der Waals surface area contributed by atoms with E-state index in [2.05, 4.69) is 10.3 Å². The van der Waals surface area contributed by atoms with Crippen molar-refractivity contribution in [3.8, 4) is 11.6 Å². The lowest BCUT2D eigenvalue weighted by molar-refractivity contribution is 0.341. The lowest BCUT2D eigenvalue weighted by Gasteiger charge is -2.12. The zero-order chi connectivity index (χ0) is 14.4. The first-order valence-corrected chi connectivity index (χ1v) is 6.77. The average Bonchev–Trinajstić information content (AvgIpc) is 2.48. The Balaban J connectivity index is 2.11. The van der Waals surface area contributed by atoms with Gasteiger partial charge in [0.05, 0.1) is 31.6 Å². The zero-order valence-corrected chi connectivity index (χ0v) is 12.3. The third-order valence-corrected chi connectivity index (χ3v) is 2.93. The van der Waals surface area contributed by atoms with Gasteiger partial charge >= 0.3 is 0 Å². The lowest BCUT2D eigenvalue weighted by Crippen LogP contribution is -2.04. The molecule has 20 heavy (non-hydrogen) atoms. The molecule has 0 bridgehead atoms. The molecule has 0 amide bonds. The summed E-state index contributed by atoms with van der Waals surface area (Å²) in [4.78, 5) is 4.35. The van der Waals surface area contributed by atoms with Crippen molar-refractivity contribution in [1.29, 1.82) is 0 Å². The maximum Gasteiger partial charge on any atom is 0.213 e. The van der Waals surface area contributed by atoms with E-state index in [4.69, 9.17) is 21.1 Å². The van der Waals surface area contributed by atoms with E-state index < -0.39 is 0 Å². The van der Waals surface area contributed by atoms with E-state index in [1.165, 1.54) is 0 Å². The van der Waals surface area contributed by atoms with Crippen molar-refractivity contribution in [3.63, 3.8) is 0 Å². The van der Waals surface area contributed by atoms with Gasteiger partial charge in [0.25, 0.3) is 0 Å². The maximum atomic E-state index is 6.02. The van der Waals surface area contributed by atoms with Crippen molar-refractivity contribution < 1.29 is 9.47 Å². The number of ether oxygens (including phenoxy) is 2. The Bertz CT molecular complexity index is 576. The molecule has 1 heterocycles. The molecule has 1 N–H and O–H groups in total. The van der Waals surface area contributed by atoms with Crippen LogP contribution in [0.5, 0.6) is 11.6 Å². The van der Waals surface area contributed by atoms with Gasteiger partial charge in [-0.2, -0.15) is 0 Å². The molecule has 2 rings (SSSR count). The number of hydrogen-bond donors (Lipinski definition) is 1. The fourth-order valence-corrected chi connectivity index (χ4v) is 1.95. The predicted molar refractivity (Wildman–Crippen MR) is 80.7 cm³/mol. The van der Waals surface area contributed by atoms with Gasteiger partial charge in [-0.15, -0.1) is 0 Å². The molecule has 106 valence electrons. The summed E-state index contributed by atoms with van der Waals surface area (Å²) in [5.74, 6) is 1.38. The number of nitrogens with one attached hydrogen (secondary N) is 1. The Labute approximate surface area is 123 Å². The Hall–Kier alpha value is -1.94. The van der Waals surface area contributed by atoms with Gasteiger partial charge in [0, 0.05) is 11.1 Å². The smallest absolute Gasteiger partial charge is 0.213 e. The SMILES string of the molecule is CCOc1ccc(Cl)cc1NCc1cccc(OC)n1. The van der Waals surface area contributed by atoms with Crippen LogP contribution in [0.3, 0.4) is 0 Å². The molecule has 1 aromatic heterocycles. The highest BCUT2D eigenvalue weighted by Crippen LogP contribution is 2.28. The second-order valence-electron chi connectivity index (χ2n) is 4.10. The first-order chi connectivity index (χ1) is 9.72. The number of benzene rings is 1. The minimum atomic E-state index is 0.567. The molecule has 0 aliphatic carbocycles. The van der Waals surface area contributed by atoms with Crippen molar-refractivity contribution in [1.82, 2.24) is 4.98 Å². The highest BCUT2D eigenvalue weighted by atomic mass is 35.5. The third kappa shape index (κ3) is 3.78. The molecule has 0 spiro atoms. The summed E-state index contributed by atoms with van der Waals surface area (Å²) >= 11 is 6.02. The minimum Gasteiger partial charge on any atom is -0.492 e. The molecule has 4 nitrogen and oxygen atoms in total. The first-order valence-electron chi connectivity index (χ1n) is 6.39. The van der Waals surface area contributed by atoms with Crippen LogP contribution < -0.4 is 14.8 Å². The molecule has 0 fully saturated rings. The van der Waals surface area contributed by atoms with Crippen molar-refractivity contribution >= 4 is 17.3 Å². The normalized spacial score (nSPS) is 10.2. The summed E-state index contributed by atoms with van der Waals surface area (Å²) in [6.45, 7) is 3.12. The fourth-order valence-electron chi connectivity index (χ4n) is 1.78. The van der Waals surface area contributed by atoms with Crippen LogP contribution in [-0.4, -0.2) is 18.7 Å². The molecule has 0 saturated carbocycles. The van der Waals surface area contributed by atoms with Crippen LogP contribution in [0.4, 0.5) is 5.69 Å². The monoisotopic (exact) mass is 292 g/mol. The molecule has 1 aromatic carbocycles. The second kappa shape index (κ2) is 7.01. The van der Waals surface area contributed by atoms with Gasteiger partial charge in [-0.3, -0.25) is 0 Å². The molecule has 5 heteroatoms. The fraction of sp³-hybridized carbons (Fsp3) is 0.267. The Kier molecular flexibility index (Phi) is 5.07. The van der Waals surface area contributed by atoms with E-state index in [0.29, 0.717) is 24.1 Å². The van der Waals surface area contributed by atoms with Gasteiger partial charge in [-0.25, -0.2) is 4.98 Å². The number of anilines is 1. The molecule has 0 unspecified atom stereocenters. The van der Waals surface area contributed by atoms with Crippen molar-refractivity contribution in [2.45, 2.75) is 13.5 Å². The van der Waals surface area contributed by atoms with Crippen molar-refractivity contribution in [2.24, 2.45) is 0 Å². The summed E-state index contributed by atoms with van der Waals surface area (Å²) in [6.07, 6.45) is 0. The Morgan fingerprint density at radius 1 is 1.25 bits per heavy atom. The second-order valence-corrected chi connectivity index (χ2v) is 4.53. The van der Waals surface area contributed by atoms with Gasteiger partial charge in [0.2, 0.25) is 5.88 Å². The number of aromatic nitrogens is 1. The minimum absolute atomic E-state index is 0.567. The standard InChI is InChI=1S/C15H17ClN2O2/c1-3-20-14-8-7-11(16)9-13(14)17-10-12-5-4-6-15(18-12)19-2/h4-9,17H,3,10H2,1-2H3. The summed E-state index contributed by atoms with van der Waals surface area (Å²) < 4.78 is 10.7. The van der Waals surface area contributed by atoms with Crippen LogP contribution in [0.15, 0.2) is 36.4 Å². The summed E-state index contributed by atoms with van der Waals surface area (Å²) in [7, 11) is 1.60. The highest BCUT2D eigenvalue weighted by molar-refractivity contribution is 6.30. The van der Waals surface area contributed by atoms with Gasteiger partial charge in [0.15, 0.2) is 0 Å². The van der Waals surface area contributed by atoms with Crippen LogP contribution in [0.2, 0.25) is 5.02 Å². The van der Waals surface area contributed by atoms with E-state index in [9.17, 15) is 0 Å². The first kappa shape index (κ1) is 14.5. The largest absolute Gasteiger partial charge is 0.492 e. The van der Waals surface area contributed by atoms with E-state index in [-0.39, 0.29) is 0 Å². The molecule has 0 aliphatic rings. The van der Waals surface area contributed by atoms with E-state index >= 15 is 0 Å². The Morgan fingerprint density at radius 2 is 2.10 bits per heavy atom. The van der Waals surface area contributed by atoms with Gasteiger partial charge < -0.3 is 14.8 Å². The van der Waals surface area contributed by atoms with Gasteiger partial charge in [-0.05, 0) is 31.2 Å². The van der Waals surface area contributed by atoms with E-state index in [0.717, 1.165) is 17.1 Å². The number of nitrogens with zero attached hydrogens (tertiary/aromatic N) is 1. The maximum absolute atomic E-state index is 6.02. The molecule has 0 radical (unpaired) electrons. The average molecular weight is 293 g/mol. The van der Waals surface area contributed by atoms with Crippen LogP contribution in [0.1, 0.15) is 12.6 Å². The summed E-state index contributed by atoms with van der Waals surface area (Å²) in [6, 6.07) is 11.2. The third-order valence-electron chi connectivity index (χ3n) is 2.69. The van der Waals surface area contributed by atoms with Crippen molar-refractivity contribution in [3.05, 3.63) is 47.1 Å². The zero-order valence-electron chi connectivity index (χ0n) is 11.5. The number of methoxy groups -OCH3 is 1. The van der Waals surface area contributed by atoms with Crippen LogP contribution in [0.25, 0.3) is 0 Å². The Morgan fingerprint density at radius 3 is 2.85 bits per heavy atom. The quantitative estimate of drug-likeness (QED) is 0.880. The molecular weight excluding hydrogens is 276 g/mol.